The minimum absolute atomic E-state index is 0.0986. The first-order valence-corrected chi connectivity index (χ1v) is 10.3. The zero-order chi connectivity index (χ0) is 18.6. The Kier molecular flexibility index (Phi) is 5.50. The number of rotatable bonds is 4. The van der Waals surface area contributed by atoms with Gasteiger partial charge in [0.15, 0.2) is 0 Å². The fourth-order valence-electron chi connectivity index (χ4n) is 3.67. The first kappa shape index (κ1) is 18.1. The molecular formula is C22H24N2O2S. The van der Waals surface area contributed by atoms with E-state index in [1.165, 1.54) is 17.3 Å². The Balaban J connectivity index is 1.56. The number of nitrogens with zero attached hydrogens (tertiary/aromatic N) is 1. The maximum absolute atomic E-state index is 12.9. The Morgan fingerprint density at radius 2 is 1.81 bits per heavy atom. The van der Waals surface area contributed by atoms with Gasteiger partial charge in [0.1, 0.15) is 0 Å². The molecule has 0 aromatic heterocycles. The maximum Gasteiger partial charge on any atom is 0.259 e. The van der Waals surface area contributed by atoms with Crippen molar-refractivity contribution in [2.45, 2.75) is 49.3 Å². The molecule has 0 bridgehead atoms. The number of amides is 1. The lowest BCUT2D eigenvalue weighted by atomic mass is 9.92. The second kappa shape index (κ2) is 8.19. The van der Waals surface area contributed by atoms with Crippen molar-refractivity contribution in [2.75, 3.05) is 4.90 Å². The molecule has 0 unspecified atom stereocenters. The van der Waals surface area contributed by atoms with Gasteiger partial charge in [0.25, 0.3) is 5.91 Å². The predicted octanol–water partition coefficient (Wildman–Crippen LogP) is 4.06. The van der Waals surface area contributed by atoms with Crippen LogP contribution in [-0.2, 0) is 11.3 Å². The summed E-state index contributed by atoms with van der Waals surface area (Å²) in [7, 11) is 0. The van der Waals surface area contributed by atoms with Crippen LogP contribution in [0.2, 0.25) is 0 Å². The highest BCUT2D eigenvalue weighted by Crippen LogP contribution is 2.40. The number of aliphatic hydroxyl groups excluding tert-OH is 1. The van der Waals surface area contributed by atoms with E-state index in [1.54, 1.807) is 0 Å². The summed E-state index contributed by atoms with van der Waals surface area (Å²) in [4.78, 5) is 16.8. The molecule has 140 valence electrons. The van der Waals surface area contributed by atoms with Crippen LogP contribution in [0.25, 0.3) is 0 Å². The maximum atomic E-state index is 12.9. The van der Waals surface area contributed by atoms with E-state index in [0.29, 0.717) is 11.4 Å². The van der Waals surface area contributed by atoms with Gasteiger partial charge >= 0.3 is 0 Å². The lowest BCUT2D eigenvalue weighted by Crippen LogP contribution is -2.45. The number of thioether (sulfide) groups is 1. The summed E-state index contributed by atoms with van der Waals surface area (Å²) in [5, 5.41) is 13.2. The van der Waals surface area contributed by atoms with E-state index >= 15 is 0 Å². The Labute approximate surface area is 164 Å². The number of carbonyl (C=O) groups is 1. The van der Waals surface area contributed by atoms with E-state index in [0.717, 1.165) is 36.3 Å². The lowest BCUT2D eigenvalue weighted by Gasteiger charge is -2.31. The SMILES string of the molecule is O=C(N[C@H]1CCCC[C@@H]1O)C1=CN(Cc2ccccc2)c2ccccc2S1. The molecule has 2 aromatic rings. The molecule has 2 N–H and O–H groups in total. The molecule has 4 rings (SSSR count). The van der Waals surface area contributed by atoms with Crippen LogP contribution in [0, 0.1) is 0 Å². The van der Waals surface area contributed by atoms with Crippen LogP contribution in [0.5, 0.6) is 0 Å². The van der Waals surface area contributed by atoms with Crippen molar-refractivity contribution in [1.82, 2.24) is 5.32 Å². The quantitative estimate of drug-likeness (QED) is 0.840. The Bertz CT molecular complexity index is 837. The van der Waals surface area contributed by atoms with Gasteiger partial charge in [-0.3, -0.25) is 4.79 Å². The molecule has 1 aliphatic carbocycles. The van der Waals surface area contributed by atoms with E-state index in [1.807, 2.05) is 42.6 Å². The molecule has 2 aromatic carbocycles. The number of fused-ring (bicyclic) bond motifs is 1. The fraction of sp³-hybridized carbons (Fsp3) is 0.318. The van der Waals surface area contributed by atoms with Crippen molar-refractivity contribution in [3.8, 4) is 0 Å². The molecule has 4 nitrogen and oxygen atoms in total. The number of hydrogen-bond donors (Lipinski definition) is 2. The number of anilines is 1. The minimum Gasteiger partial charge on any atom is -0.391 e. The van der Waals surface area contributed by atoms with Crippen LogP contribution >= 0.6 is 11.8 Å². The second-order valence-electron chi connectivity index (χ2n) is 7.11. The number of benzene rings is 2. The molecule has 5 heteroatoms. The highest BCUT2D eigenvalue weighted by molar-refractivity contribution is 8.04. The second-order valence-corrected chi connectivity index (χ2v) is 8.19. The largest absolute Gasteiger partial charge is 0.391 e. The summed E-state index contributed by atoms with van der Waals surface area (Å²) in [6.45, 7) is 0.710. The Morgan fingerprint density at radius 3 is 2.63 bits per heavy atom. The van der Waals surface area contributed by atoms with Crippen LogP contribution < -0.4 is 10.2 Å². The molecule has 2 aliphatic rings. The van der Waals surface area contributed by atoms with Crippen molar-refractivity contribution in [3.63, 3.8) is 0 Å². The molecule has 1 heterocycles. The molecule has 2 atom stereocenters. The highest BCUT2D eigenvalue weighted by atomic mass is 32.2. The van der Waals surface area contributed by atoms with Crippen molar-refractivity contribution in [1.29, 1.82) is 0 Å². The average molecular weight is 381 g/mol. The van der Waals surface area contributed by atoms with Gasteiger partial charge in [-0.2, -0.15) is 0 Å². The van der Waals surface area contributed by atoms with Crippen LogP contribution in [0.3, 0.4) is 0 Å². The molecule has 0 radical (unpaired) electrons. The van der Waals surface area contributed by atoms with E-state index in [-0.39, 0.29) is 11.9 Å². The number of nitrogens with one attached hydrogen (secondary N) is 1. The fourth-order valence-corrected chi connectivity index (χ4v) is 4.68. The van der Waals surface area contributed by atoms with Gasteiger partial charge in [0.05, 0.1) is 22.7 Å². The average Bonchev–Trinajstić information content (AvgIpc) is 2.70. The van der Waals surface area contributed by atoms with Gasteiger partial charge in [-0.15, -0.1) is 0 Å². The molecular weight excluding hydrogens is 356 g/mol. The summed E-state index contributed by atoms with van der Waals surface area (Å²) in [6.07, 6.45) is 5.19. The third-order valence-corrected chi connectivity index (χ3v) is 6.21. The van der Waals surface area contributed by atoms with Gasteiger partial charge < -0.3 is 15.3 Å². The lowest BCUT2D eigenvalue weighted by molar-refractivity contribution is -0.118. The van der Waals surface area contributed by atoms with Crippen LogP contribution in [0.4, 0.5) is 5.69 Å². The van der Waals surface area contributed by atoms with Gasteiger partial charge in [0.2, 0.25) is 0 Å². The smallest absolute Gasteiger partial charge is 0.259 e. The van der Waals surface area contributed by atoms with Crippen molar-refractivity contribution in [3.05, 3.63) is 71.3 Å². The highest BCUT2D eigenvalue weighted by Gasteiger charge is 2.28. The number of aliphatic hydroxyl groups is 1. The minimum atomic E-state index is -0.440. The Morgan fingerprint density at radius 1 is 1.07 bits per heavy atom. The van der Waals surface area contributed by atoms with Crippen LogP contribution in [0.1, 0.15) is 31.2 Å². The monoisotopic (exact) mass is 380 g/mol. The molecule has 27 heavy (non-hydrogen) atoms. The molecule has 0 spiro atoms. The number of para-hydroxylation sites is 1. The third kappa shape index (κ3) is 4.20. The summed E-state index contributed by atoms with van der Waals surface area (Å²) >= 11 is 1.49. The van der Waals surface area contributed by atoms with Gasteiger partial charge in [-0.25, -0.2) is 0 Å². The summed E-state index contributed by atoms with van der Waals surface area (Å²) in [5.41, 5.74) is 2.30. The Hall–Kier alpha value is -2.24. The van der Waals surface area contributed by atoms with E-state index < -0.39 is 6.10 Å². The molecule has 1 amide bonds. The zero-order valence-corrected chi connectivity index (χ0v) is 16.0. The normalized spacial score (nSPS) is 22.0. The molecule has 1 aliphatic heterocycles. The van der Waals surface area contributed by atoms with Gasteiger partial charge in [-0.05, 0) is 30.5 Å². The van der Waals surface area contributed by atoms with Crippen molar-refractivity contribution >= 4 is 23.4 Å². The topological polar surface area (TPSA) is 52.6 Å². The van der Waals surface area contributed by atoms with Crippen LogP contribution in [0.15, 0.2) is 70.6 Å². The summed E-state index contributed by atoms with van der Waals surface area (Å²) in [6, 6.07) is 18.3. The molecule has 0 saturated heterocycles. The van der Waals surface area contributed by atoms with Crippen LogP contribution in [-0.4, -0.2) is 23.2 Å². The zero-order valence-electron chi connectivity index (χ0n) is 15.2. The predicted molar refractivity (Wildman–Crippen MR) is 109 cm³/mol. The van der Waals surface area contributed by atoms with E-state index in [2.05, 4.69) is 28.4 Å². The van der Waals surface area contributed by atoms with E-state index in [9.17, 15) is 9.90 Å². The summed E-state index contributed by atoms with van der Waals surface area (Å²) < 4.78 is 0. The summed E-state index contributed by atoms with van der Waals surface area (Å²) in [5.74, 6) is -0.0986. The van der Waals surface area contributed by atoms with Crippen molar-refractivity contribution in [2.24, 2.45) is 0 Å². The first-order chi connectivity index (χ1) is 13.2. The number of hydrogen-bond acceptors (Lipinski definition) is 4. The molecule has 1 fully saturated rings. The number of carbonyl (C=O) groups excluding carboxylic acids is 1. The van der Waals surface area contributed by atoms with Gasteiger partial charge in [-0.1, -0.05) is 67.1 Å². The van der Waals surface area contributed by atoms with Gasteiger partial charge in [0, 0.05) is 17.6 Å². The molecule has 1 saturated carbocycles. The standard InChI is InChI=1S/C22H24N2O2S/c25-19-12-6-4-10-17(19)23-22(26)21-15-24(14-16-8-2-1-3-9-16)18-11-5-7-13-20(18)27-21/h1-3,5,7-9,11,13,15,17,19,25H,4,6,10,12,14H2,(H,23,26)/t17-,19-/m0/s1. The van der Waals surface area contributed by atoms with E-state index in [4.69, 9.17) is 0 Å². The third-order valence-electron chi connectivity index (χ3n) is 5.13. The first-order valence-electron chi connectivity index (χ1n) is 9.49. The van der Waals surface area contributed by atoms with Crippen molar-refractivity contribution < 1.29 is 9.90 Å².